The molecule has 1 aromatic carbocycles. The fraction of sp³-hybridized carbons (Fsp3) is 0.682. The normalized spacial score (nSPS) is 26.9. The van der Waals surface area contributed by atoms with Gasteiger partial charge < -0.3 is 9.64 Å². The van der Waals surface area contributed by atoms with E-state index < -0.39 is 0 Å². The van der Waals surface area contributed by atoms with Crippen LogP contribution in [0.15, 0.2) is 30.3 Å². The maximum absolute atomic E-state index is 12.9. The van der Waals surface area contributed by atoms with Crippen molar-refractivity contribution in [1.29, 1.82) is 0 Å². The van der Waals surface area contributed by atoms with Crippen LogP contribution in [0, 0.1) is 5.92 Å². The molecule has 5 heteroatoms. The Bertz CT molecular complexity index is 603. The van der Waals surface area contributed by atoms with E-state index in [9.17, 15) is 4.79 Å². The van der Waals surface area contributed by atoms with Gasteiger partial charge >= 0.3 is 0 Å². The van der Waals surface area contributed by atoms with Gasteiger partial charge in [0.05, 0.1) is 13.2 Å². The van der Waals surface area contributed by atoms with Crippen LogP contribution in [0.1, 0.15) is 31.2 Å². The topological polar surface area (TPSA) is 36.0 Å². The highest BCUT2D eigenvalue weighted by Crippen LogP contribution is 2.29. The van der Waals surface area contributed by atoms with Crippen molar-refractivity contribution >= 4 is 5.91 Å². The molecule has 27 heavy (non-hydrogen) atoms. The van der Waals surface area contributed by atoms with Crippen LogP contribution >= 0.6 is 0 Å². The van der Waals surface area contributed by atoms with E-state index in [2.05, 4.69) is 45.0 Å². The molecule has 0 unspecified atom stereocenters. The number of fused-ring (bicyclic) bond motifs is 4. The SMILES string of the molecule is O=C(CCCN1CCOCC1)N1C[C@H]2CC[C@@H]1CN(Cc1ccccc1)C2. The third-order valence-electron chi connectivity index (χ3n) is 6.33. The number of nitrogens with zero attached hydrogens (tertiary/aromatic N) is 3. The van der Waals surface area contributed by atoms with Crippen LogP contribution in [0.3, 0.4) is 0 Å². The molecule has 0 aromatic heterocycles. The Morgan fingerprint density at radius 1 is 1.00 bits per heavy atom. The first-order chi connectivity index (χ1) is 13.3. The number of ether oxygens (including phenoxy) is 1. The average Bonchev–Trinajstić information content (AvgIpc) is 3.00. The molecule has 4 saturated heterocycles. The molecule has 2 atom stereocenters. The standard InChI is InChI=1S/C22H33N3O2/c26-22(7-4-10-23-11-13-27-14-12-23)25-17-20-8-9-21(25)18-24(16-20)15-19-5-2-1-3-6-19/h1-3,5-6,20-21H,4,7-18H2/t20-,21+/m0/s1. The molecule has 1 amide bonds. The van der Waals surface area contributed by atoms with Gasteiger partial charge in [-0.1, -0.05) is 30.3 Å². The van der Waals surface area contributed by atoms with Crippen molar-refractivity contribution in [2.75, 3.05) is 52.5 Å². The molecule has 5 nitrogen and oxygen atoms in total. The Balaban J connectivity index is 1.28. The third kappa shape index (κ3) is 5.09. The van der Waals surface area contributed by atoms with Gasteiger partial charge in [0.15, 0.2) is 0 Å². The van der Waals surface area contributed by atoms with Crippen LogP contribution < -0.4 is 0 Å². The highest BCUT2D eigenvalue weighted by molar-refractivity contribution is 5.76. The lowest BCUT2D eigenvalue weighted by Gasteiger charge is -2.36. The van der Waals surface area contributed by atoms with Gasteiger partial charge in [-0.3, -0.25) is 14.6 Å². The molecule has 0 aliphatic carbocycles. The highest BCUT2D eigenvalue weighted by Gasteiger charge is 2.36. The van der Waals surface area contributed by atoms with Crippen LogP contribution in [-0.2, 0) is 16.1 Å². The first-order valence-electron chi connectivity index (χ1n) is 10.6. The molecule has 2 bridgehead atoms. The number of benzene rings is 1. The van der Waals surface area contributed by atoms with E-state index in [0.717, 1.165) is 65.4 Å². The first kappa shape index (κ1) is 18.9. The van der Waals surface area contributed by atoms with Crippen molar-refractivity contribution < 1.29 is 9.53 Å². The summed E-state index contributed by atoms with van der Waals surface area (Å²) in [5.74, 6) is 1.01. The molecule has 4 aliphatic heterocycles. The number of piperidine rings is 1. The molecule has 148 valence electrons. The minimum absolute atomic E-state index is 0.375. The number of hydrogen-bond acceptors (Lipinski definition) is 4. The molecule has 5 rings (SSSR count). The molecule has 1 aromatic rings. The second-order valence-electron chi connectivity index (χ2n) is 8.38. The highest BCUT2D eigenvalue weighted by atomic mass is 16.5. The van der Waals surface area contributed by atoms with Crippen LogP contribution in [0.25, 0.3) is 0 Å². The van der Waals surface area contributed by atoms with Crippen molar-refractivity contribution in [2.45, 2.75) is 38.3 Å². The molecule has 4 heterocycles. The summed E-state index contributed by atoms with van der Waals surface area (Å²) in [6.07, 6.45) is 4.11. The Morgan fingerprint density at radius 2 is 1.81 bits per heavy atom. The van der Waals surface area contributed by atoms with E-state index in [4.69, 9.17) is 4.74 Å². The summed E-state index contributed by atoms with van der Waals surface area (Å²) in [6.45, 7) is 8.84. The van der Waals surface area contributed by atoms with E-state index in [1.165, 1.54) is 18.4 Å². The molecule has 4 aliphatic rings. The fourth-order valence-electron chi connectivity index (χ4n) is 4.88. The minimum atomic E-state index is 0.375. The number of morpholine rings is 1. The summed E-state index contributed by atoms with van der Waals surface area (Å²) in [7, 11) is 0. The van der Waals surface area contributed by atoms with E-state index in [-0.39, 0.29) is 0 Å². The Kier molecular flexibility index (Phi) is 6.43. The van der Waals surface area contributed by atoms with Crippen LogP contribution in [-0.4, -0.2) is 79.1 Å². The minimum Gasteiger partial charge on any atom is -0.379 e. The predicted octanol–water partition coefficient (Wildman–Crippen LogP) is 2.22. The van der Waals surface area contributed by atoms with E-state index in [1.807, 2.05) is 0 Å². The monoisotopic (exact) mass is 371 g/mol. The maximum Gasteiger partial charge on any atom is 0.222 e. The molecule has 0 spiro atoms. The smallest absolute Gasteiger partial charge is 0.222 e. The second kappa shape index (κ2) is 9.18. The predicted molar refractivity (Wildman–Crippen MR) is 106 cm³/mol. The van der Waals surface area contributed by atoms with Crippen LogP contribution in [0.4, 0.5) is 0 Å². The zero-order chi connectivity index (χ0) is 18.5. The lowest BCUT2D eigenvalue weighted by Crippen LogP contribution is -2.47. The fourth-order valence-corrected chi connectivity index (χ4v) is 4.88. The van der Waals surface area contributed by atoms with Crippen molar-refractivity contribution in [2.24, 2.45) is 5.92 Å². The summed E-state index contributed by atoms with van der Waals surface area (Å²) in [5, 5.41) is 0. The average molecular weight is 372 g/mol. The molecule has 0 saturated carbocycles. The van der Waals surface area contributed by atoms with Crippen LogP contribution in [0.2, 0.25) is 0 Å². The lowest BCUT2D eigenvalue weighted by molar-refractivity contribution is -0.135. The summed E-state index contributed by atoms with van der Waals surface area (Å²) >= 11 is 0. The number of amides is 1. The summed E-state index contributed by atoms with van der Waals surface area (Å²) in [4.78, 5) is 20.1. The van der Waals surface area contributed by atoms with Gasteiger partial charge in [-0.2, -0.15) is 0 Å². The summed E-state index contributed by atoms with van der Waals surface area (Å²) in [5.41, 5.74) is 1.38. The number of rotatable bonds is 6. The Hall–Kier alpha value is -1.43. The largest absolute Gasteiger partial charge is 0.379 e. The number of carbonyl (C=O) groups is 1. The molecular weight excluding hydrogens is 338 g/mol. The quantitative estimate of drug-likeness (QED) is 0.768. The molecule has 0 radical (unpaired) electrons. The van der Waals surface area contributed by atoms with Crippen molar-refractivity contribution in [3.8, 4) is 0 Å². The maximum atomic E-state index is 12.9. The van der Waals surface area contributed by atoms with Crippen LogP contribution in [0.5, 0.6) is 0 Å². The number of carbonyl (C=O) groups excluding carboxylic acids is 1. The van der Waals surface area contributed by atoms with Gasteiger partial charge in [-0.25, -0.2) is 0 Å². The first-order valence-corrected chi connectivity index (χ1v) is 10.6. The second-order valence-corrected chi connectivity index (χ2v) is 8.38. The van der Waals surface area contributed by atoms with Gasteiger partial charge in [0, 0.05) is 51.7 Å². The number of hydrogen-bond donors (Lipinski definition) is 0. The molecule has 4 fully saturated rings. The van der Waals surface area contributed by atoms with Crippen molar-refractivity contribution in [1.82, 2.24) is 14.7 Å². The lowest BCUT2D eigenvalue weighted by atomic mass is 9.94. The summed E-state index contributed by atoms with van der Waals surface area (Å²) in [6, 6.07) is 11.1. The van der Waals surface area contributed by atoms with Crippen molar-refractivity contribution in [3.05, 3.63) is 35.9 Å². The zero-order valence-electron chi connectivity index (χ0n) is 16.4. The Morgan fingerprint density at radius 3 is 2.63 bits per heavy atom. The van der Waals surface area contributed by atoms with Gasteiger partial charge in [-0.05, 0) is 37.3 Å². The van der Waals surface area contributed by atoms with Gasteiger partial charge in [0.25, 0.3) is 0 Å². The Labute approximate surface area is 163 Å². The van der Waals surface area contributed by atoms with E-state index >= 15 is 0 Å². The van der Waals surface area contributed by atoms with Crippen molar-refractivity contribution in [3.63, 3.8) is 0 Å². The third-order valence-corrected chi connectivity index (χ3v) is 6.33. The van der Waals surface area contributed by atoms with Gasteiger partial charge in [-0.15, -0.1) is 0 Å². The van der Waals surface area contributed by atoms with Gasteiger partial charge in [0.2, 0.25) is 5.91 Å². The molecular formula is C22H33N3O2. The molecule has 0 N–H and O–H groups in total. The van der Waals surface area contributed by atoms with Gasteiger partial charge in [0.1, 0.15) is 0 Å². The van der Waals surface area contributed by atoms with E-state index in [1.54, 1.807) is 0 Å². The zero-order valence-corrected chi connectivity index (χ0v) is 16.4. The summed E-state index contributed by atoms with van der Waals surface area (Å²) < 4.78 is 5.40. The van der Waals surface area contributed by atoms with E-state index in [0.29, 0.717) is 24.3 Å².